The summed E-state index contributed by atoms with van der Waals surface area (Å²) in [4.78, 5) is 51.8. The molecule has 1 aromatic carbocycles. The van der Waals surface area contributed by atoms with Gasteiger partial charge < -0.3 is 25.0 Å². The molecule has 0 saturated carbocycles. The molecule has 2 aliphatic heterocycles. The van der Waals surface area contributed by atoms with E-state index in [9.17, 15) is 19.5 Å². The van der Waals surface area contributed by atoms with Crippen LogP contribution in [0.15, 0.2) is 41.3 Å². The highest BCUT2D eigenvalue weighted by atomic mass is 35.5. The number of aryl methyl sites for hydroxylation is 1. The minimum atomic E-state index is -1.14. The van der Waals surface area contributed by atoms with Crippen LogP contribution >= 0.6 is 11.6 Å². The molecule has 1 atom stereocenters. The van der Waals surface area contributed by atoms with Gasteiger partial charge in [-0.25, -0.2) is 14.2 Å². The first-order valence-corrected chi connectivity index (χ1v) is 14.0. The normalized spacial score (nSPS) is 16.3. The van der Waals surface area contributed by atoms with Gasteiger partial charge in [-0.2, -0.15) is 0 Å². The SMILES string of the molecule is COc1cccc(F)c1-c1nc2c(cc1Cl)c1c(c(=O)n2-c2c(C)ccnc2C(C)C)NC(=O)[C@H]2CN(C(=O)O)CCN12. The predicted octanol–water partition coefficient (Wildman–Crippen LogP) is 4.80. The van der Waals surface area contributed by atoms with E-state index in [0.29, 0.717) is 22.5 Å². The number of benzene rings is 1. The standard InChI is InChI=1S/C30H28ClFN6O5/c1-14(2)22-25(15(3)8-9-33-22)38-27-16(12-17(31)23(34-27)21-18(32)6-5-7-20(21)43-4)26-24(29(38)40)35-28(39)19-13-36(30(41)42)10-11-37(19)26/h5-9,12,14,19H,10-11,13H2,1-4H3,(H,35,39)(H,41,42)/t19-/m1/s1. The summed E-state index contributed by atoms with van der Waals surface area (Å²) in [5.74, 6) is -0.995. The number of carbonyl (C=O) groups is 2. The Hall–Kier alpha value is -4.71. The number of carboxylic acid groups (broad SMARTS) is 1. The molecule has 2 amide bonds. The van der Waals surface area contributed by atoms with Crippen molar-refractivity contribution in [2.24, 2.45) is 0 Å². The lowest BCUT2D eigenvalue weighted by molar-refractivity contribution is -0.118. The van der Waals surface area contributed by atoms with Gasteiger partial charge in [0.15, 0.2) is 5.65 Å². The summed E-state index contributed by atoms with van der Waals surface area (Å²) in [5.41, 5.74) is 1.95. The molecule has 5 heterocycles. The smallest absolute Gasteiger partial charge is 0.407 e. The fourth-order valence-corrected chi connectivity index (χ4v) is 6.15. The van der Waals surface area contributed by atoms with Crippen molar-refractivity contribution in [3.8, 4) is 22.7 Å². The van der Waals surface area contributed by atoms with E-state index < -0.39 is 29.4 Å². The molecule has 1 saturated heterocycles. The maximum absolute atomic E-state index is 15.3. The van der Waals surface area contributed by atoms with Crippen LogP contribution < -0.4 is 20.5 Å². The maximum atomic E-state index is 15.3. The molecular formula is C30H28ClFN6O5. The third-order valence-electron chi connectivity index (χ3n) is 7.92. The number of anilines is 2. The summed E-state index contributed by atoms with van der Waals surface area (Å²) >= 11 is 6.82. The van der Waals surface area contributed by atoms with Crippen LogP contribution in [0.25, 0.3) is 28.0 Å². The zero-order chi connectivity index (χ0) is 30.7. The van der Waals surface area contributed by atoms with Crippen molar-refractivity contribution in [2.75, 3.05) is 37.0 Å². The molecule has 1 fully saturated rings. The third kappa shape index (κ3) is 4.44. The molecule has 0 bridgehead atoms. The van der Waals surface area contributed by atoms with Crippen molar-refractivity contribution >= 4 is 46.0 Å². The van der Waals surface area contributed by atoms with Gasteiger partial charge in [0.2, 0.25) is 5.91 Å². The number of rotatable bonds is 4. The minimum absolute atomic E-state index is 0.0181. The monoisotopic (exact) mass is 606 g/mol. The lowest BCUT2D eigenvalue weighted by atomic mass is 10.0. The maximum Gasteiger partial charge on any atom is 0.407 e. The molecule has 43 heavy (non-hydrogen) atoms. The number of fused-ring (bicyclic) bond motifs is 5. The summed E-state index contributed by atoms with van der Waals surface area (Å²) < 4.78 is 22.1. The van der Waals surface area contributed by atoms with Crippen molar-refractivity contribution in [1.82, 2.24) is 19.4 Å². The number of nitrogens with zero attached hydrogens (tertiary/aromatic N) is 5. The molecule has 13 heteroatoms. The topological polar surface area (TPSA) is 130 Å². The number of aromatic nitrogens is 3. The van der Waals surface area contributed by atoms with Crippen LogP contribution in [0.2, 0.25) is 5.02 Å². The van der Waals surface area contributed by atoms with E-state index in [4.69, 9.17) is 21.3 Å². The Labute approximate surface area is 250 Å². The second-order valence-electron chi connectivity index (χ2n) is 10.8. The number of hydrogen-bond donors (Lipinski definition) is 2. The number of pyridine rings is 3. The first-order valence-electron chi connectivity index (χ1n) is 13.7. The van der Waals surface area contributed by atoms with Gasteiger partial charge in [0.25, 0.3) is 5.56 Å². The van der Waals surface area contributed by atoms with Crippen LogP contribution in [0.1, 0.15) is 31.0 Å². The van der Waals surface area contributed by atoms with Gasteiger partial charge >= 0.3 is 6.09 Å². The van der Waals surface area contributed by atoms with E-state index in [-0.39, 0.29) is 58.9 Å². The van der Waals surface area contributed by atoms with Crippen LogP contribution in [-0.4, -0.2) is 69.3 Å². The van der Waals surface area contributed by atoms with Crippen molar-refractivity contribution in [1.29, 1.82) is 0 Å². The largest absolute Gasteiger partial charge is 0.496 e. The number of piperazine rings is 1. The van der Waals surface area contributed by atoms with E-state index in [1.54, 1.807) is 29.3 Å². The number of ether oxygens (including phenoxy) is 1. The summed E-state index contributed by atoms with van der Waals surface area (Å²) in [7, 11) is 1.41. The molecule has 222 valence electrons. The molecule has 2 N–H and O–H groups in total. The lowest BCUT2D eigenvalue weighted by Gasteiger charge is -2.44. The van der Waals surface area contributed by atoms with E-state index >= 15 is 4.39 Å². The molecule has 6 rings (SSSR count). The Bertz CT molecular complexity index is 1890. The number of nitrogens with one attached hydrogen (secondary N) is 1. The van der Waals surface area contributed by atoms with Gasteiger partial charge in [0, 0.05) is 24.7 Å². The zero-order valence-corrected chi connectivity index (χ0v) is 24.6. The Morgan fingerprint density at radius 3 is 2.67 bits per heavy atom. The second kappa shape index (κ2) is 10.5. The Kier molecular flexibility index (Phi) is 6.96. The molecule has 11 nitrogen and oxygen atoms in total. The Morgan fingerprint density at radius 2 is 1.98 bits per heavy atom. The predicted molar refractivity (Wildman–Crippen MR) is 160 cm³/mol. The summed E-state index contributed by atoms with van der Waals surface area (Å²) in [5, 5.41) is 12.8. The highest BCUT2D eigenvalue weighted by Crippen LogP contribution is 2.43. The number of methoxy groups -OCH3 is 1. The van der Waals surface area contributed by atoms with Gasteiger partial charge in [-0.05, 0) is 42.7 Å². The summed E-state index contributed by atoms with van der Waals surface area (Å²) in [6.45, 7) is 5.93. The van der Waals surface area contributed by atoms with E-state index in [1.165, 1.54) is 23.8 Å². The Balaban J connectivity index is 1.74. The van der Waals surface area contributed by atoms with Gasteiger partial charge in [-0.1, -0.05) is 31.5 Å². The molecule has 4 aromatic rings. The highest BCUT2D eigenvalue weighted by Gasteiger charge is 2.42. The number of amides is 2. The lowest BCUT2D eigenvalue weighted by Crippen LogP contribution is -2.61. The zero-order valence-electron chi connectivity index (χ0n) is 23.8. The van der Waals surface area contributed by atoms with Gasteiger partial charge in [0.05, 0.1) is 47.0 Å². The second-order valence-corrected chi connectivity index (χ2v) is 11.2. The molecule has 0 aliphatic carbocycles. The van der Waals surface area contributed by atoms with Crippen LogP contribution in [-0.2, 0) is 4.79 Å². The molecule has 0 spiro atoms. The molecule has 0 unspecified atom stereocenters. The van der Waals surface area contributed by atoms with Crippen molar-refractivity contribution in [3.05, 3.63) is 69.0 Å². The average Bonchev–Trinajstić information content (AvgIpc) is 2.97. The van der Waals surface area contributed by atoms with Gasteiger partial charge in [-0.15, -0.1) is 0 Å². The van der Waals surface area contributed by atoms with Crippen LogP contribution in [0, 0.1) is 12.7 Å². The number of carbonyl (C=O) groups excluding carboxylic acids is 1. The van der Waals surface area contributed by atoms with E-state index in [2.05, 4.69) is 10.3 Å². The number of halogens is 2. The van der Waals surface area contributed by atoms with Crippen LogP contribution in [0.5, 0.6) is 5.75 Å². The van der Waals surface area contributed by atoms with Crippen molar-refractivity contribution < 1.29 is 23.8 Å². The average molecular weight is 607 g/mol. The number of hydrogen-bond acceptors (Lipinski definition) is 7. The third-order valence-corrected chi connectivity index (χ3v) is 8.21. The van der Waals surface area contributed by atoms with Crippen LogP contribution in [0.3, 0.4) is 0 Å². The first-order chi connectivity index (χ1) is 20.5. The first kappa shape index (κ1) is 28.4. The fourth-order valence-electron chi connectivity index (χ4n) is 5.91. The molecule has 3 aromatic heterocycles. The fraction of sp³-hybridized carbons (Fsp3) is 0.300. The van der Waals surface area contributed by atoms with E-state index in [1.807, 2.05) is 20.8 Å². The van der Waals surface area contributed by atoms with Gasteiger partial charge in [0.1, 0.15) is 23.3 Å². The molecule has 0 radical (unpaired) electrons. The summed E-state index contributed by atoms with van der Waals surface area (Å²) in [6, 6.07) is 6.85. The van der Waals surface area contributed by atoms with E-state index in [0.717, 1.165) is 10.5 Å². The quantitative estimate of drug-likeness (QED) is 0.339. The summed E-state index contributed by atoms with van der Waals surface area (Å²) in [6.07, 6.45) is 0.522. The Morgan fingerprint density at radius 1 is 1.21 bits per heavy atom. The highest BCUT2D eigenvalue weighted by molar-refractivity contribution is 6.34. The minimum Gasteiger partial charge on any atom is -0.496 e. The molecular weight excluding hydrogens is 579 g/mol. The molecule has 2 aliphatic rings. The van der Waals surface area contributed by atoms with Gasteiger partial charge in [-0.3, -0.25) is 19.1 Å². The van der Waals surface area contributed by atoms with Crippen molar-refractivity contribution in [2.45, 2.75) is 32.7 Å². The van der Waals surface area contributed by atoms with Crippen molar-refractivity contribution in [3.63, 3.8) is 0 Å². The van der Waals surface area contributed by atoms with Crippen LogP contribution in [0.4, 0.5) is 20.6 Å².